The van der Waals surface area contributed by atoms with Gasteiger partial charge >= 0.3 is 0 Å². The Hall–Kier alpha value is -1.36. The maximum Gasteiger partial charge on any atom is 0.142 e. The molecule has 0 aliphatic carbocycles. The Morgan fingerprint density at radius 3 is 2.23 bits per heavy atom. The second-order valence-electron chi connectivity index (χ2n) is 2.83. The molecule has 1 aromatic carbocycles. The number of benzene rings is 1. The standard InChI is InChI=1S/C11H10F2/c1-3-5-8-6-10(12)9(4-2)11(13)7-8/h2,6-7H,3,5H2,1H3. The van der Waals surface area contributed by atoms with Gasteiger partial charge in [0.05, 0.1) is 5.56 Å². The van der Waals surface area contributed by atoms with Crippen molar-refractivity contribution in [2.45, 2.75) is 19.8 Å². The van der Waals surface area contributed by atoms with Crippen molar-refractivity contribution in [1.82, 2.24) is 0 Å². The molecule has 0 unspecified atom stereocenters. The quantitative estimate of drug-likeness (QED) is 0.614. The van der Waals surface area contributed by atoms with Gasteiger partial charge in [0.2, 0.25) is 0 Å². The van der Waals surface area contributed by atoms with Crippen LogP contribution in [0.5, 0.6) is 0 Å². The van der Waals surface area contributed by atoms with Gasteiger partial charge in [0.25, 0.3) is 0 Å². The molecule has 0 spiro atoms. The number of halogens is 2. The van der Waals surface area contributed by atoms with Gasteiger partial charge in [-0.15, -0.1) is 6.42 Å². The molecule has 1 rings (SSSR count). The zero-order valence-corrected chi connectivity index (χ0v) is 7.40. The maximum absolute atomic E-state index is 13.1. The average molecular weight is 180 g/mol. The van der Waals surface area contributed by atoms with Gasteiger partial charge in [-0.05, 0) is 24.1 Å². The van der Waals surface area contributed by atoms with Crippen molar-refractivity contribution in [2.75, 3.05) is 0 Å². The van der Waals surface area contributed by atoms with Crippen LogP contribution >= 0.6 is 0 Å². The Kier molecular flexibility index (Phi) is 3.02. The number of hydrogen-bond acceptors (Lipinski definition) is 0. The molecule has 68 valence electrons. The van der Waals surface area contributed by atoms with E-state index in [0.717, 1.165) is 6.42 Å². The molecular weight excluding hydrogens is 170 g/mol. The van der Waals surface area contributed by atoms with Crippen LogP contribution < -0.4 is 0 Å². The van der Waals surface area contributed by atoms with Gasteiger partial charge in [0.15, 0.2) is 0 Å². The molecule has 13 heavy (non-hydrogen) atoms. The molecule has 0 N–H and O–H groups in total. The fourth-order valence-electron chi connectivity index (χ4n) is 1.20. The van der Waals surface area contributed by atoms with Gasteiger partial charge in [-0.1, -0.05) is 19.3 Å². The maximum atomic E-state index is 13.1. The molecule has 0 aliphatic heterocycles. The van der Waals surface area contributed by atoms with E-state index in [4.69, 9.17) is 6.42 Å². The lowest BCUT2D eigenvalue weighted by Gasteiger charge is -2.02. The van der Waals surface area contributed by atoms with Crippen LogP contribution in [-0.2, 0) is 6.42 Å². The zero-order chi connectivity index (χ0) is 9.84. The van der Waals surface area contributed by atoms with E-state index in [-0.39, 0.29) is 5.56 Å². The van der Waals surface area contributed by atoms with Gasteiger partial charge in [0.1, 0.15) is 11.6 Å². The predicted octanol–water partition coefficient (Wildman–Crippen LogP) is 2.90. The summed E-state index contributed by atoms with van der Waals surface area (Å²) in [5.74, 6) is 0.688. The van der Waals surface area contributed by atoms with Crippen molar-refractivity contribution in [2.24, 2.45) is 0 Å². The van der Waals surface area contributed by atoms with E-state index >= 15 is 0 Å². The summed E-state index contributed by atoms with van der Waals surface area (Å²) in [7, 11) is 0. The third kappa shape index (κ3) is 2.06. The molecule has 0 heterocycles. The van der Waals surface area contributed by atoms with Crippen LogP contribution in [0.3, 0.4) is 0 Å². The minimum absolute atomic E-state index is 0.278. The van der Waals surface area contributed by atoms with Crippen molar-refractivity contribution >= 4 is 0 Å². The van der Waals surface area contributed by atoms with E-state index in [1.54, 1.807) is 0 Å². The first-order valence-electron chi connectivity index (χ1n) is 4.13. The monoisotopic (exact) mass is 180 g/mol. The van der Waals surface area contributed by atoms with Crippen molar-refractivity contribution in [3.05, 3.63) is 34.9 Å². The molecule has 1 aromatic rings. The van der Waals surface area contributed by atoms with E-state index in [0.29, 0.717) is 12.0 Å². The minimum atomic E-state index is -0.647. The van der Waals surface area contributed by atoms with Crippen molar-refractivity contribution in [3.63, 3.8) is 0 Å². The fourth-order valence-corrected chi connectivity index (χ4v) is 1.20. The Labute approximate surface area is 76.6 Å². The number of terminal acetylenes is 1. The smallest absolute Gasteiger partial charge is 0.142 e. The summed E-state index contributed by atoms with van der Waals surface area (Å²) < 4.78 is 26.1. The summed E-state index contributed by atoms with van der Waals surface area (Å²) in [6, 6.07) is 2.59. The topological polar surface area (TPSA) is 0 Å². The lowest BCUT2D eigenvalue weighted by molar-refractivity contribution is 0.573. The van der Waals surface area contributed by atoms with Crippen molar-refractivity contribution in [3.8, 4) is 12.3 Å². The van der Waals surface area contributed by atoms with Gasteiger partial charge < -0.3 is 0 Å². The molecule has 0 aromatic heterocycles. The number of aryl methyl sites for hydroxylation is 1. The van der Waals surface area contributed by atoms with E-state index in [2.05, 4.69) is 0 Å². The minimum Gasteiger partial charge on any atom is -0.206 e. The molecule has 0 aliphatic rings. The first kappa shape index (κ1) is 9.73. The van der Waals surface area contributed by atoms with Gasteiger partial charge in [-0.25, -0.2) is 8.78 Å². The molecule has 0 fully saturated rings. The normalized spacial score (nSPS) is 9.69. The Morgan fingerprint density at radius 2 is 1.85 bits per heavy atom. The van der Waals surface area contributed by atoms with Gasteiger partial charge in [-0.3, -0.25) is 0 Å². The molecule has 0 saturated heterocycles. The molecule has 0 nitrogen and oxygen atoms in total. The molecule has 0 saturated carbocycles. The Bertz CT molecular complexity index is 325. The van der Waals surface area contributed by atoms with Gasteiger partial charge in [0, 0.05) is 0 Å². The highest BCUT2D eigenvalue weighted by Crippen LogP contribution is 2.15. The largest absolute Gasteiger partial charge is 0.206 e. The molecule has 0 atom stereocenters. The summed E-state index contributed by atoms with van der Waals surface area (Å²) in [6.07, 6.45) is 6.47. The lowest BCUT2D eigenvalue weighted by atomic mass is 10.1. The SMILES string of the molecule is C#Cc1c(F)cc(CCC)cc1F. The third-order valence-corrected chi connectivity index (χ3v) is 1.78. The third-order valence-electron chi connectivity index (χ3n) is 1.78. The molecule has 0 radical (unpaired) electrons. The highest BCUT2D eigenvalue weighted by molar-refractivity contribution is 5.37. The second kappa shape index (κ2) is 4.04. The summed E-state index contributed by atoms with van der Waals surface area (Å²) in [5.41, 5.74) is 0.372. The average Bonchev–Trinajstić information content (AvgIpc) is 2.04. The summed E-state index contributed by atoms with van der Waals surface area (Å²) in [5, 5.41) is 0. The van der Waals surface area contributed by atoms with E-state index in [1.807, 2.05) is 12.8 Å². The van der Waals surface area contributed by atoms with Gasteiger partial charge in [-0.2, -0.15) is 0 Å². The van der Waals surface area contributed by atoms with Crippen LogP contribution in [0, 0.1) is 24.0 Å². The lowest BCUT2D eigenvalue weighted by Crippen LogP contribution is -1.94. The van der Waals surface area contributed by atoms with Crippen molar-refractivity contribution < 1.29 is 8.78 Å². The predicted molar refractivity (Wildman–Crippen MR) is 48.3 cm³/mol. The van der Waals surface area contributed by atoms with Crippen LogP contribution in [0.2, 0.25) is 0 Å². The summed E-state index contributed by atoms with van der Waals surface area (Å²) in [4.78, 5) is 0. The van der Waals surface area contributed by atoms with Crippen LogP contribution in [0.1, 0.15) is 24.5 Å². The fraction of sp³-hybridized carbons (Fsp3) is 0.273. The molecular formula is C11H10F2. The summed E-state index contributed by atoms with van der Waals surface area (Å²) >= 11 is 0. The first-order chi connectivity index (χ1) is 6.19. The molecule has 2 heteroatoms. The van der Waals surface area contributed by atoms with Crippen LogP contribution in [-0.4, -0.2) is 0 Å². The van der Waals surface area contributed by atoms with Crippen LogP contribution in [0.15, 0.2) is 12.1 Å². The highest BCUT2D eigenvalue weighted by atomic mass is 19.1. The van der Waals surface area contributed by atoms with E-state index < -0.39 is 11.6 Å². The number of hydrogen-bond donors (Lipinski definition) is 0. The highest BCUT2D eigenvalue weighted by Gasteiger charge is 2.07. The molecule has 0 bridgehead atoms. The van der Waals surface area contributed by atoms with E-state index in [1.165, 1.54) is 12.1 Å². The van der Waals surface area contributed by atoms with Crippen molar-refractivity contribution in [1.29, 1.82) is 0 Å². The second-order valence-corrected chi connectivity index (χ2v) is 2.83. The number of rotatable bonds is 2. The molecule has 0 amide bonds. The zero-order valence-electron chi connectivity index (χ0n) is 7.40. The van der Waals surface area contributed by atoms with Crippen LogP contribution in [0.4, 0.5) is 8.78 Å². The van der Waals surface area contributed by atoms with E-state index in [9.17, 15) is 8.78 Å². The van der Waals surface area contributed by atoms with Crippen LogP contribution in [0.25, 0.3) is 0 Å². The summed E-state index contributed by atoms with van der Waals surface area (Å²) in [6.45, 7) is 1.95. The Morgan fingerprint density at radius 1 is 1.31 bits per heavy atom. The first-order valence-corrected chi connectivity index (χ1v) is 4.13. The Balaban J connectivity index is 3.14.